The highest BCUT2D eigenvalue weighted by molar-refractivity contribution is 7.15. The summed E-state index contributed by atoms with van der Waals surface area (Å²) in [6.45, 7) is 3.96. The second-order valence-electron chi connectivity index (χ2n) is 6.04. The molecule has 0 aromatic carbocycles. The fraction of sp³-hybridized carbons (Fsp3) is 0.571. The van der Waals surface area contributed by atoms with E-state index in [4.69, 9.17) is 0 Å². The molecule has 2 rings (SSSR count). The van der Waals surface area contributed by atoms with Crippen LogP contribution in [0.5, 0.6) is 0 Å². The Kier molecular flexibility index (Phi) is 5.47. The lowest BCUT2D eigenvalue weighted by atomic mass is 9.97. The van der Waals surface area contributed by atoms with E-state index < -0.39 is 29.9 Å². The van der Waals surface area contributed by atoms with Gasteiger partial charge in [-0.1, -0.05) is 25.2 Å². The number of carbonyl (C=O) groups excluding carboxylic acids is 1. The monoisotopic (exact) mass is 377 g/mol. The Morgan fingerprint density at radius 2 is 2.08 bits per heavy atom. The number of hydrogen-bond donors (Lipinski definition) is 2. The molecular weight excluding hydrogens is 359 g/mol. The molecule has 0 aliphatic carbocycles. The number of aryl methyl sites for hydroxylation is 1. The lowest BCUT2D eigenvalue weighted by Crippen LogP contribution is -2.46. The number of halogens is 3. The maximum atomic E-state index is 13.4. The lowest BCUT2D eigenvalue weighted by Gasteiger charge is -2.29. The van der Waals surface area contributed by atoms with Gasteiger partial charge in [0.2, 0.25) is 16.6 Å². The molecule has 25 heavy (non-hydrogen) atoms. The molecular formula is C14H18F3N5O2S. The van der Waals surface area contributed by atoms with Crippen molar-refractivity contribution in [3.05, 3.63) is 23.2 Å². The molecule has 1 amide bonds. The van der Waals surface area contributed by atoms with Crippen LogP contribution >= 0.6 is 11.3 Å². The van der Waals surface area contributed by atoms with Crippen LogP contribution in [0.4, 0.5) is 18.3 Å². The second kappa shape index (κ2) is 7.08. The van der Waals surface area contributed by atoms with Gasteiger partial charge in [-0.2, -0.15) is 13.2 Å². The van der Waals surface area contributed by atoms with Crippen molar-refractivity contribution in [1.29, 1.82) is 0 Å². The lowest BCUT2D eigenvalue weighted by molar-refractivity contribution is -0.270. The molecule has 138 valence electrons. The number of aromatic nitrogens is 4. The number of amides is 1. The number of imidazole rings is 1. The topological polar surface area (TPSA) is 92.9 Å². The van der Waals surface area contributed by atoms with Crippen molar-refractivity contribution < 1.29 is 23.1 Å². The summed E-state index contributed by atoms with van der Waals surface area (Å²) in [5.74, 6) is -1.36. The molecule has 0 saturated heterocycles. The zero-order valence-electron chi connectivity index (χ0n) is 13.8. The van der Waals surface area contributed by atoms with Crippen LogP contribution in [0.1, 0.15) is 31.1 Å². The number of anilines is 1. The standard InChI is InChI=1S/C14H18F3N5O2S/c1-8(2)6-10-20-21-12(25-10)19-9(23)7-13(24,14(15,16)17)11-18-4-5-22(11)3/h4-5,8,24H,6-7H2,1-3H3,(H,19,21,23). The second-order valence-corrected chi connectivity index (χ2v) is 7.11. The number of hydrogen-bond acceptors (Lipinski definition) is 6. The molecule has 2 N–H and O–H groups in total. The molecule has 1 atom stereocenters. The van der Waals surface area contributed by atoms with Gasteiger partial charge in [-0.25, -0.2) is 4.98 Å². The minimum Gasteiger partial charge on any atom is -0.374 e. The highest BCUT2D eigenvalue weighted by Gasteiger charge is 2.58. The van der Waals surface area contributed by atoms with Gasteiger partial charge in [-0.15, -0.1) is 10.2 Å². The fourth-order valence-electron chi connectivity index (χ4n) is 2.20. The van der Waals surface area contributed by atoms with Crippen LogP contribution in [0.25, 0.3) is 0 Å². The molecule has 11 heteroatoms. The summed E-state index contributed by atoms with van der Waals surface area (Å²) in [5.41, 5.74) is -3.40. The van der Waals surface area contributed by atoms with Gasteiger partial charge in [0.15, 0.2) is 5.82 Å². The zero-order chi connectivity index (χ0) is 18.8. The third kappa shape index (κ3) is 4.34. The first kappa shape index (κ1) is 19.3. The first-order valence-electron chi connectivity index (χ1n) is 7.42. The van der Waals surface area contributed by atoms with E-state index >= 15 is 0 Å². The smallest absolute Gasteiger partial charge is 0.374 e. The fourth-order valence-corrected chi connectivity index (χ4v) is 3.17. The zero-order valence-corrected chi connectivity index (χ0v) is 14.6. The number of alkyl halides is 3. The van der Waals surface area contributed by atoms with Gasteiger partial charge in [-0.3, -0.25) is 4.79 Å². The highest BCUT2D eigenvalue weighted by atomic mass is 32.1. The molecule has 7 nitrogen and oxygen atoms in total. The SMILES string of the molecule is CC(C)Cc1nnc(NC(=O)CC(O)(c2nccn2C)C(F)(F)F)s1. The molecule has 0 radical (unpaired) electrons. The van der Waals surface area contributed by atoms with Gasteiger partial charge in [0, 0.05) is 25.9 Å². The molecule has 0 spiro atoms. The average Bonchev–Trinajstić information content (AvgIpc) is 3.06. The summed E-state index contributed by atoms with van der Waals surface area (Å²) < 4.78 is 41.2. The van der Waals surface area contributed by atoms with E-state index in [1.165, 1.54) is 13.2 Å². The summed E-state index contributed by atoms with van der Waals surface area (Å²) in [4.78, 5) is 15.6. The predicted octanol–water partition coefficient (Wildman–Crippen LogP) is 2.25. The Labute approximate surface area is 145 Å². The third-order valence-corrected chi connectivity index (χ3v) is 4.23. The Morgan fingerprint density at radius 1 is 1.40 bits per heavy atom. The highest BCUT2D eigenvalue weighted by Crippen LogP contribution is 2.40. The largest absolute Gasteiger partial charge is 0.425 e. The van der Waals surface area contributed by atoms with Crippen LogP contribution in [0.15, 0.2) is 12.4 Å². The van der Waals surface area contributed by atoms with Crippen LogP contribution in [0.2, 0.25) is 0 Å². The minimum atomic E-state index is -5.08. The van der Waals surface area contributed by atoms with Gasteiger partial charge in [0.05, 0.1) is 6.42 Å². The van der Waals surface area contributed by atoms with Crippen molar-refractivity contribution in [1.82, 2.24) is 19.7 Å². The van der Waals surface area contributed by atoms with Gasteiger partial charge >= 0.3 is 6.18 Å². The first-order valence-corrected chi connectivity index (χ1v) is 8.23. The van der Waals surface area contributed by atoms with E-state index in [1.54, 1.807) is 0 Å². The third-order valence-electron chi connectivity index (χ3n) is 3.37. The van der Waals surface area contributed by atoms with Crippen LogP contribution in [-0.4, -0.2) is 36.9 Å². The van der Waals surface area contributed by atoms with Crippen LogP contribution < -0.4 is 5.32 Å². The van der Waals surface area contributed by atoms with Gasteiger partial charge in [0.1, 0.15) is 5.01 Å². The molecule has 2 aromatic rings. The van der Waals surface area contributed by atoms with E-state index in [1.807, 2.05) is 13.8 Å². The quantitative estimate of drug-likeness (QED) is 0.805. The molecule has 2 aromatic heterocycles. The van der Waals surface area contributed by atoms with Gasteiger partial charge in [0.25, 0.3) is 0 Å². The first-order chi connectivity index (χ1) is 11.5. The number of aliphatic hydroxyl groups is 1. The average molecular weight is 377 g/mol. The minimum absolute atomic E-state index is 0.0880. The van der Waals surface area contributed by atoms with Crippen molar-refractivity contribution in [2.75, 3.05) is 5.32 Å². The Hall–Kier alpha value is -2.01. The molecule has 0 fully saturated rings. The van der Waals surface area contributed by atoms with E-state index in [0.717, 1.165) is 22.1 Å². The van der Waals surface area contributed by atoms with Crippen molar-refractivity contribution in [3.63, 3.8) is 0 Å². The number of carbonyl (C=O) groups is 1. The molecule has 0 aliphatic heterocycles. The Balaban J connectivity index is 2.16. The Morgan fingerprint density at radius 3 is 2.60 bits per heavy atom. The van der Waals surface area contributed by atoms with Crippen LogP contribution in [-0.2, 0) is 23.9 Å². The summed E-state index contributed by atoms with van der Waals surface area (Å²) >= 11 is 1.09. The van der Waals surface area contributed by atoms with E-state index in [-0.39, 0.29) is 5.13 Å². The van der Waals surface area contributed by atoms with Crippen LogP contribution in [0.3, 0.4) is 0 Å². The van der Waals surface area contributed by atoms with Gasteiger partial charge in [-0.05, 0) is 5.92 Å². The van der Waals surface area contributed by atoms with E-state index in [2.05, 4.69) is 20.5 Å². The maximum absolute atomic E-state index is 13.4. The van der Waals surface area contributed by atoms with E-state index in [9.17, 15) is 23.1 Å². The van der Waals surface area contributed by atoms with Crippen molar-refractivity contribution in [2.45, 2.75) is 38.5 Å². The number of rotatable bonds is 6. The number of nitrogens with one attached hydrogen (secondary N) is 1. The van der Waals surface area contributed by atoms with Gasteiger partial charge < -0.3 is 15.0 Å². The van der Waals surface area contributed by atoms with Crippen LogP contribution in [0, 0.1) is 5.92 Å². The Bertz CT molecular complexity index is 743. The number of nitrogens with zero attached hydrogens (tertiary/aromatic N) is 4. The summed E-state index contributed by atoms with van der Waals surface area (Å²) in [6.07, 6.45) is -3.29. The van der Waals surface area contributed by atoms with Crippen molar-refractivity contribution in [2.24, 2.45) is 13.0 Å². The molecule has 2 heterocycles. The normalized spacial score (nSPS) is 14.6. The molecule has 1 unspecified atom stereocenters. The molecule has 0 bridgehead atoms. The summed E-state index contributed by atoms with van der Waals surface area (Å²) in [7, 11) is 1.31. The summed E-state index contributed by atoms with van der Waals surface area (Å²) in [5, 5.41) is 20.8. The maximum Gasteiger partial charge on any atom is 0.425 e. The van der Waals surface area contributed by atoms with E-state index in [0.29, 0.717) is 17.3 Å². The summed E-state index contributed by atoms with van der Waals surface area (Å²) in [6, 6.07) is 0. The predicted molar refractivity (Wildman–Crippen MR) is 84.9 cm³/mol. The molecule has 0 saturated carbocycles. The van der Waals surface area contributed by atoms with Crippen molar-refractivity contribution >= 4 is 22.4 Å². The van der Waals surface area contributed by atoms with Crippen molar-refractivity contribution in [3.8, 4) is 0 Å². The molecule has 0 aliphatic rings.